The predicted octanol–water partition coefficient (Wildman–Crippen LogP) is 1.99. The first-order valence-corrected chi connectivity index (χ1v) is 3.84. The van der Waals surface area contributed by atoms with Gasteiger partial charge in [0.25, 0.3) is 0 Å². The number of rotatable bonds is 1. The molecule has 4 heteroatoms. The first-order chi connectivity index (χ1) is 5.83. The maximum atomic E-state index is 7.11. The number of hydrogen-bond acceptors (Lipinski definition) is 2. The molecule has 1 N–H and O–H groups in total. The van der Waals surface area contributed by atoms with Crippen LogP contribution in [-0.4, -0.2) is 15.6 Å². The van der Waals surface area contributed by atoms with Crippen LogP contribution in [0.4, 0.5) is 0 Å². The number of pyridine rings is 1. The standard InChI is InChI=1S/C8H6ClN3/c9-8-6(5-10)12-4-2-1-3-7(12)11-8/h1-5,10H. The van der Waals surface area contributed by atoms with E-state index in [9.17, 15) is 0 Å². The second-order valence-corrected chi connectivity index (χ2v) is 2.72. The van der Waals surface area contributed by atoms with Crippen LogP contribution in [0.15, 0.2) is 24.4 Å². The molecule has 0 fully saturated rings. The van der Waals surface area contributed by atoms with Gasteiger partial charge in [-0.1, -0.05) is 17.7 Å². The Morgan fingerprint density at radius 1 is 1.50 bits per heavy atom. The number of hydrogen-bond donors (Lipinski definition) is 1. The second kappa shape index (κ2) is 2.60. The zero-order chi connectivity index (χ0) is 8.55. The molecule has 0 bridgehead atoms. The second-order valence-electron chi connectivity index (χ2n) is 2.36. The molecule has 0 aliphatic rings. The van der Waals surface area contributed by atoms with Crippen molar-refractivity contribution in [3.63, 3.8) is 0 Å². The summed E-state index contributed by atoms with van der Waals surface area (Å²) in [5.41, 5.74) is 1.38. The Kier molecular flexibility index (Phi) is 1.59. The smallest absolute Gasteiger partial charge is 0.157 e. The maximum Gasteiger partial charge on any atom is 0.157 e. The average Bonchev–Trinajstić information content (AvgIpc) is 2.40. The van der Waals surface area contributed by atoms with Crippen LogP contribution >= 0.6 is 11.6 Å². The van der Waals surface area contributed by atoms with E-state index >= 15 is 0 Å². The predicted molar refractivity (Wildman–Crippen MR) is 48.1 cm³/mol. The molecule has 0 amide bonds. The van der Waals surface area contributed by atoms with Crippen LogP contribution in [0.25, 0.3) is 5.65 Å². The van der Waals surface area contributed by atoms with E-state index in [-0.39, 0.29) is 0 Å². The lowest BCUT2D eigenvalue weighted by Gasteiger charge is -1.92. The van der Waals surface area contributed by atoms with E-state index in [0.29, 0.717) is 10.8 Å². The maximum absolute atomic E-state index is 7.11. The highest BCUT2D eigenvalue weighted by molar-refractivity contribution is 6.31. The summed E-state index contributed by atoms with van der Waals surface area (Å²) in [6, 6.07) is 5.60. The van der Waals surface area contributed by atoms with Gasteiger partial charge in [-0.05, 0) is 12.1 Å². The fourth-order valence-corrected chi connectivity index (χ4v) is 1.35. The number of aromatic nitrogens is 2. The first kappa shape index (κ1) is 7.31. The lowest BCUT2D eigenvalue weighted by atomic mass is 10.4. The third-order valence-electron chi connectivity index (χ3n) is 1.66. The molecule has 0 radical (unpaired) electrons. The molecule has 2 heterocycles. The Bertz CT molecular complexity index is 433. The van der Waals surface area contributed by atoms with Crippen LogP contribution in [0, 0.1) is 5.41 Å². The van der Waals surface area contributed by atoms with Crippen LogP contribution in [0.5, 0.6) is 0 Å². The van der Waals surface area contributed by atoms with E-state index in [1.165, 1.54) is 6.21 Å². The largest absolute Gasteiger partial charge is 0.306 e. The minimum Gasteiger partial charge on any atom is -0.306 e. The third kappa shape index (κ3) is 0.905. The fourth-order valence-electron chi connectivity index (χ4n) is 1.12. The Hall–Kier alpha value is -1.35. The molecule has 0 aliphatic heterocycles. The summed E-state index contributed by atoms with van der Waals surface area (Å²) in [7, 11) is 0. The van der Waals surface area contributed by atoms with Crippen LogP contribution < -0.4 is 0 Å². The summed E-state index contributed by atoms with van der Waals surface area (Å²) >= 11 is 5.78. The molecule has 0 saturated carbocycles. The monoisotopic (exact) mass is 179 g/mol. The van der Waals surface area contributed by atoms with Gasteiger partial charge >= 0.3 is 0 Å². The van der Waals surface area contributed by atoms with Crippen molar-refractivity contribution >= 4 is 23.5 Å². The summed E-state index contributed by atoms with van der Waals surface area (Å²) in [6.45, 7) is 0. The van der Waals surface area contributed by atoms with Gasteiger partial charge in [0, 0.05) is 12.4 Å². The molecule has 12 heavy (non-hydrogen) atoms. The van der Waals surface area contributed by atoms with E-state index in [4.69, 9.17) is 17.0 Å². The first-order valence-electron chi connectivity index (χ1n) is 3.46. The molecule has 0 spiro atoms. The van der Waals surface area contributed by atoms with Gasteiger partial charge in [-0.2, -0.15) is 0 Å². The minimum atomic E-state index is 0.371. The zero-order valence-electron chi connectivity index (χ0n) is 6.16. The minimum absolute atomic E-state index is 0.371. The van der Waals surface area contributed by atoms with E-state index in [1.54, 1.807) is 4.40 Å². The molecule has 2 aromatic heterocycles. The van der Waals surface area contributed by atoms with Crippen molar-refractivity contribution in [1.29, 1.82) is 5.41 Å². The molecule has 0 atom stereocenters. The van der Waals surface area contributed by atoms with Crippen LogP contribution in [-0.2, 0) is 0 Å². The molecule has 0 saturated heterocycles. The van der Waals surface area contributed by atoms with Crippen molar-refractivity contribution in [1.82, 2.24) is 9.38 Å². The van der Waals surface area contributed by atoms with Crippen molar-refractivity contribution in [2.24, 2.45) is 0 Å². The van der Waals surface area contributed by atoms with Gasteiger partial charge < -0.3 is 5.41 Å². The molecule has 2 rings (SSSR count). The Balaban J connectivity index is 2.90. The molecular formula is C8H6ClN3. The highest BCUT2D eigenvalue weighted by Gasteiger charge is 2.05. The third-order valence-corrected chi connectivity index (χ3v) is 1.94. The Morgan fingerprint density at radius 3 is 3.08 bits per heavy atom. The van der Waals surface area contributed by atoms with Crippen molar-refractivity contribution < 1.29 is 0 Å². The molecule has 0 aromatic carbocycles. The van der Waals surface area contributed by atoms with E-state index in [1.807, 2.05) is 24.4 Å². The summed E-state index contributed by atoms with van der Waals surface area (Å²) < 4.78 is 1.77. The SMILES string of the molecule is N=Cc1c(Cl)nc2ccccn12. The molecule has 0 aliphatic carbocycles. The highest BCUT2D eigenvalue weighted by atomic mass is 35.5. The van der Waals surface area contributed by atoms with Crippen molar-refractivity contribution in [2.45, 2.75) is 0 Å². The quantitative estimate of drug-likeness (QED) is 0.669. The summed E-state index contributed by atoms with van der Waals surface area (Å²) in [6.07, 6.45) is 3.02. The Morgan fingerprint density at radius 2 is 2.33 bits per heavy atom. The van der Waals surface area contributed by atoms with Gasteiger partial charge in [-0.15, -0.1) is 0 Å². The van der Waals surface area contributed by atoms with Gasteiger partial charge in [0.1, 0.15) is 11.3 Å². The van der Waals surface area contributed by atoms with Gasteiger partial charge in [0.2, 0.25) is 0 Å². The van der Waals surface area contributed by atoms with Gasteiger partial charge in [0.05, 0.1) is 0 Å². The normalized spacial score (nSPS) is 10.4. The molecule has 60 valence electrons. The summed E-state index contributed by atoms with van der Waals surface area (Å²) in [5.74, 6) is 0. The summed E-state index contributed by atoms with van der Waals surface area (Å²) in [4.78, 5) is 4.06. The topological polar surface area (TPSA) is 41.2 Å². The highest BCUT2D eigenvalue weighted by Crippen LogP contribution is 2.14. The van der Waals surface area contributed by atoms with Crippen LogP contribution in [0.3, 0.4) is 0 Å². The lowest BCUT2D eigenvalue weighted by molar-refractivity contribution is 1.17. The summed E-state index contributed by atoms with van der Waals surface area (Å²) in [5, 5.41) is 7.48. The van der Waals surface area contributed by atoms with Gasteiger partial charge in [-0.3, -0.25) is 4.40 Å². The molecule has 0 unspecified atom stereocenters. The van der Waals surface area contributed by atoms with Crippen molar-refractivity contribution in [3.05, 3.63) is 35.2 Å². The number of nitrogens with one attached hydrogen (secondary N) is 1. The fraction of sp³-hybridized carbons (Fsp3) is 0. The van der Waals surface area contributed by atoms with Crippen molar-refractivity contribution in [2.75, 3.05) is 0 Å². The van der Waals surface area contributed by atoms with E-state index < -0.39 is 0 Å². The molecule has 3 nitrogen and oxygen atoms in total. The van der Waals surface area contributed by atoms with Gasteiger partial charge in [0.15, 0.2) is 5.15 Å². The average molecular weight is 180 g/mol. The number of imidazole rings is 1. The van der Waals surface area contributed by atoms with Crippen LogP contribution in [0.1, 0.15) is 5.69 Å². The lowest BCUT2D eigenvalue weighted by Crippen LogP contribution is -1.88. The number of fused-ring (bicyclic) bond motifs is 1. The number of nitrogens with zero attached hydrogens (tertiary/aromatic N) is 2. The molecule has 2 aromatic rings. The Labute approximate surface area is 74.1 Å². The molecular weight excluding hydrogens is 174 g/mol. The van der Waals surface area contributed by atoms with E-state index in [0.717, 1.165) is 5.65 Å². The zero-order valence-corrected chi connectivity index (χ0v) is 6.92. The number of halogens is 1. The van der Waals surface area contributed by atoms with Crippen molar-refractivity contribution in [3.8, 4) is 0 Å². The van der Waals surface area contributed by atoms with Gasteiger partial charge in [-0.25, -0.2) is 4.98 Å². The van der Waals surface area contributed by atoms with E-state index in [2.05, 4.69) is 4.98 Å². The van der Waals surface area contributed by atoms with Crippen LogP contribution in [0.2, 0.25) is 5.15 Å².